The van der Waals surface area contributed by atoms with Crippen LogP contribution in [0, 0.1) is 6.92 Å². The maximum absolute atomic E-state index is 13.7. The molecule has 1 aliphatic heterocycles. The molecule has 5 nitrogen and oxygen atoms in total. The highest BCUT2D eigenvalue weighted by atomic mass is 16.5. The molecule has 0 saturated heterocycles. The minimum Gasteiger partial charge on any atom is -0.481 e. The number of hydrogen-bond donors (Lipinski definition) is 0. The summed E-state index contributed by atoms with van der Waals surface area (Å²) in [7, 11) is 1.79. The lowest BCUT2D eigenvalue weighted by atomic mass is 9.87. The van der Waals surface area contributed by atoms with E-state index < -0.39 is 6.10 Å². The van der Waals surface area contributed by atoms with E-state index in [4.69, 9.17) is 4.74 Å². The molecule has 0 radical (unpaired) electrons. The van der Waals surface area contributed by atoms with Crippen LogP contribution in [0.3, 0.4) is 0 Å². The van der Waals surface area contributed by atoms with Gasteiger partial charge in [0, 0.05) is 25.7 Å². The third-order valence-corrected chi connectivity index (χ3v) is 7.28. The summed E-state index contributed by atoms with van der Waals surface area (Å²) in [5.74, 6) is 0.534. The first kappa shape index (κ1) is 26.2. The van der Waals surface area contributed by atoms with Gasteiger partial charge < -0.3 is 14.5 Å². The smallest absolute Gasteiger partial charge is 0.263 e. The topological polar surface area (TPSA) is 49.9 Å². The molecule has 0 bridgehead atoms. The quantitative estimate of drug-likeness (QED) is 0.292. The molecule has 4 aromatic carbocycles. The van der Waals surface area contributed by atoms with Gasteiger partial charge >= 0.3 is 0 Å². The van der Waals surface area contributed by atoms with Crippen molar-refractivity contribution in [2.75, 3.05) is 13.6 Å². The number of carbonyl (C=O) groups excluding carboxylic acids is 2. The lowest BCUT2D eigenvalue weighted by Gasteiger charge is -2.38. The summed E-state index contributed by atoms with van der Waals surface area (Å²) in [4.78, 5) is 30.5. The Balaban J connectivity index is 1.43. The fraction of sp³-hybridized carbons (Fsp3) is 0.235. The zero-order valence-corrected chi connectivity index (χ0v) is 22.7. The molecule has 0 fully saturated rings. The predicted molar refractivity (Wildman–Crippen MR) is 154 cm³/mol. The second-order valence-electron chi connectivity index (χ2n) is 10.2. The van der Waals surface area contributed by atoms with Gasteiger partial charge in [0.25, 0.3) is 11.8 Å². The maximum Gasteiger partial charge on any atom is 0.263 e. The van der Waals surface area contributed by atoms with E-state index in [0.717, 1.165) is 28.7 Å². The van der Waals surface area contributed by atoms with Crippen LogP contribution in [0.15, 0.2) is 103 Å². The lowest BCUT2D eigenvalue weighted by molar-refractivity contribution is -0.137. The van der Waals surface area contributed by atoms with Gasteiger partial charge in [0.2, 0.25) is 0 Å². The van der Waals surface area contributed by atoms with E-state index in [-0.39, 0.29) is 17.9 Å². The summed E-state index contributed by atoms with van der Waals surface area (Å²) in [5, 5.41) is 0. The van der Waals surface area contributed by atoms with Crippen molar-refractivity contribution in [3.8, 4) is 5.75 Å². The van der Waals surface area contributed by atoms with Crippen molar-refractivity contribution in [2.45, 2.75) is 39.0 Å². The van der Waals surface area contributed by atoms with Crippen molar-refractivity contribution in [2.24, 2.45) is 0 Å². The molecule has 2 atom stereocenters. The third-order valence-electron chi connectivity index (χ3n) is 7.28. The highest BCUT2D eigenvalue weighted by Gasteiger charge is 2.33. The van der Waals surface area contributed by atoms with E-state index in [0.29, 0.717) is 24.4 Å². The van der Waals surface area contributed by atoms with Gasteiger partial charge in [-0.2, -0.15) is 0 Å². The van der Waals surface area contributed by atoms with Crippen LogP contribution in [0.5, 0.6) is 5.75 Å². The Bertz CT molecular complexity index is 1450. The van der Waals surface area contributed by atoms with Gasteiger partial charge in [0.05, 0.1) is 6.04 Å². The fourth-order valence-corrected chi connectivity index (χ4v) is 5.33. The van der Waals surface area contributed by atoms with Gasteiger partial charge in [-0.15, -0.1) is 0 Å². The van der Waals surface area contributed by atoms with Crippen LogP contribution in [-0.2, 0) is 17.8 Å². The molecule has 39 heavy (non-hydrogen) atoms. The highest BCUT2D eigenvalue weighted by molar-refractivity contribution is 5.95. The van der Waals surface area contributed by atoms with Crippen molar-refractivity contribution in [3.05, 3.63) is 137 Å². The minimum atomic E-state index is -0.653. The third kappa shape index (κ3) is 5.88. The second-order valence-corrected chi connectivity index (χ2v) is 10.2. The molecular weight excluding hydrogens is 484 g/mol. The molecule has 5 heteroatoms. The first-order valence-corrected chi connectivity index (χ1v) is 13.4. The van der Waals surface area contributed by atoms with Crippen LogP contribution in [-0.4, -0.2) is 41.3 Å². The molecule has 0 unspecified atom stereocenters. The summed E-state index contributed by atoms with van der Waals surface area (Å²) in [6.45, 7) is 4.99. The largest absolute Gasteiger partial charge is 0.481 e. The number of aryl methyl sites for hydroxylation is 1. The number of rotatable bonds is 7. The van der Waals surface area contributed by atoms with Gasteiger partial charge in [-0.3, -0.25) is 9.59 Å². The Kier molecular flexibility index (Phi) is 7.78. The zero-order chi connectivity index (χ0) is 27.4. The maximum atomic E-state index is 13.7. The Hall–Kier alpha value is -4.38. The van der Waals surface area contributed by atoms with Crippen molar-refractivity contribution in [3.63, 3.8) is 0 Å². The standard InChI is InChI=1S/C34H34N2O3/c1-24-11-10-16-29(21-24)32-31-22-30(39-25(2)33(37)35(3)23-26-12-6-4-7-13-26)18-17-27(31)19-20-36(32)34(38)28-14-8-5-9-15-28/h4-18,21-22,25,32H,19-20,23H2,1-3H3/t25-,32+/m0/s1. The number of hydrogen-bond acceptors (Lipinski definition) is 3. The van der Waals surface area contributed by atoms with E-state index in [9.17, 15) is 9.59 Å². The number of fused-ring (bicyclic) bond motifs is 1. The highest BCUT2D eigenvalue weighted by Crippen LogP contribution is 2.38. The SMILES string of the molecule is Cc1cccc([C@@H]2c3cc(O[C@@H](C)C(=O)N(C)Cc4ccccc4)ccc3CCN2C(=O)c2ccccc2)c1. The van der Waals surface area contributed by atoms with Gasteiger partial charge in [-0.1, -0.05) is 84.4 Å². The molecule has 198 valence electrons. The number of nitrogens with zero attached hydrogens (tertiary/aromatic N) is 2. The molecule has 2 amide bonds. The van der Waals surface area contributed by atoms with Crippen LogP contribution in [0.4, 0.5) is 0 Å². The fourth-order valence-electron chi connectivity index (χ4n) is 5.33. The second kappa shape index (κ2) is 11.6. The Morgan fingerprint density at radius 3 is 2.36 bits per heavy atom. The van der Waals surface area contributed by atoms with E-state index in [2.05, 4.69) is 31.2 Å². The van der Waals surface area contributed by atoms with Gasteiger partial charge in [-0.05, 0) is 66.8 Å². The van der Waals surface area contributed by atoms with E-state index in [1.54, 1.807) is 18.9 Å². The Labute approximate surface area is 230 Å². The van der Waals surface area contributed by atoms with Crippen LogP contribution in [0.25, 0.3) is 0 Å². The molecule has 1 heterocycles. The number of benzene rings is 4. The van der Waals surface area contributed by atoms with Gasteiger partial charge in [0.15, 0.2) is 6.10 Å². The van der Waals surface area contributed by atoms with Crippen molar-refractivity contribution >= 4 is 11.8 Å². The Morgan fingerprint density at radius 1 is 0.923 bits per heavy atom. The molecule has 0 aliphatic carbocycles. The molecule has 5 rings (SSSR count). The molecule has 0 aromatic heterocycles. The van der Waals surface area contributed by atoms with Crippen LogP contribution in [0.2, 0.25) is 0 Å². The molecule has 0 N–H and O–H groups in total. The number of carbonyl (C=O) groups is 2. The summed E-state index contributed by atoms with van der Waals surface area (Å²) in [6.07, 6.45) is 0.102. The number of amides is 2. The zero-order valence-electron chi connectivity index (χ0n) is 22.7. The summed E-state index contributed by atoms with van der Waals surface area (Å²) < 4.78 is 6.19. The molecule has 0 spiro atoms. The first-order chi connectivity index (χ1) is 18.9. The average Bonchev–Trinajstić information content (AvgIpc) is 2.96. The molecule has 4 aromatic rings. The normalized spacial score (nSPS) is 15.3. The first-order valence-electron chi connectivity index (χ1n) is 13.4. The molecule has 0 saturated carbocycles. The van der Waals surface area contributed by atoms with Gasteiger partial charge in [0.1, 0.15) is 5.75 Å². The van der Waals surface area contributed by atoms with E-state index in [1.807, 2.05) is 83.8 Å². The monoisotopic (exact) mass is 518 g/mol. The van der Waals surface area contributed by atoms with Crippen LogP contribution in [0.1, 0.15) is 51.1 Å². The average molecular weight is 519 g/mol. The van der Waals surface area contributed by atoms with Crippen molar-refractivity contribution in [1.82, 2.24) is 9.80 Å². The van der Waals surface area contributed by atoms with Gasteiger partial charge in [-0.25, -0.2) is 0 Å². The van der Waals surface area contributed by atoms with E-state index in [1.165, 1.54) is 5.56 Å². The van der Waals surface area contributed by atoms with Crippen molar-refractivity contribution in [1.29, 1.82) is 0 Å². The number of likely N-dealkylation sites (N-methyl/N-ethyl adjacent to an activating group) is 1. The van der Waals surface area contributed by atoms with E-state index >= 15 is 0 Å². The minimum absolute atomic E-state index is 0.00478. The predicted octanol–water partition coefficient (Wildman–Crippen LogP) is 6.21. The summed E-state index contributed by atoms with van der Waals surface area (Å²) >= 11 is 0. The molecule has 1 aliphatic rings. The van der Waals surface area contributed by atoms with Crippen LogP contribution >= 0.6 is 0 Å². The summed E-state index contributed by atoms with van der Waals surface area (Å²) in [6, 6.07) is 33.4. The van der Waals surface area contributed by atoms with Crippen LogP contribution < -0.4 is 4.74 Å². The number of ether oxygens (including phenoxy) is 1. The summed E-state index contributed by atoms with van der Waals surface area (Å²) in [5.41, 5.74) is 6.16. The van der Waals surface area contributed by atoms with Crippen molar-refractivity contribution < 1.29 is 14.3 Å². The Morgan fingerprint density at radius 2 is 1.64 bits per heavy atom. The lowest BCUT2D eigenvalue weighted by Crippen LogP contribution is -2.41. The molecular formula is C34H34N2O3.